The first-order valence-corrected chi connectivity index (χ1v) is 4.32. The summed E-state index contributed by atoms with van der Waals surface area (Å²) in [6.45, 7) is 1.95. The van der Waals surface area contributed by atoms with Gasteiger partial charge in [-0.05, 0) is 19.1 Å². The van der Waals surface area contributed by atoms with Crippen LogP contribution in [0.2, 0.25) is 0 Å². The van der Waals surface area contributed by atoms with Crippen molar-refractivity contribution in [3.05, 3.63) is 36.3 Å². The molecule has 2 rings (SSSR count). The Labute approximate surface area is 82.2 Å². The molecule has 0 aromatic carbocycles. The standard InChI is InChI=1S/C10H11N3O/c1-8-5-6-13(12-8)9-3-4-10(14-2)11-7-9/h3-7H,1-2H3. The lowest BCUT2D eigenvalue weighted by atomic mass is 10.4. The van der Waals surface area contributed by atoms with Crippen LogP contribution < -0.4 is 4.74 Å². The molecule has 0 atom stereocenters. The van der Waals surface area contributed by atoms with E-state index in [0.717, 1.165) is 11.4 Å². The van der Waals surface area contributed by atoms with Crippen LogP contribution in [0.5, 0.6) is 5.88 Å². The van der Waals surface area contributed by atoms with Crippen molar-refractivity contribution in [1.82, 2.24) is 14.8 Å². The van der Waals surface area contributed by atoms with Crippen molar-refractivity contribution in [3.63, 3.8) is 0 Å². The highest BCUT2D eigenvalue weighted by Gasteiger charge is 1.98. The molecule has 0 radical (unpaired) electrons. The van der Waals surface area contributed by atoms with Gasteiger partial charge in [0.25, 0.3) is 0 Å². The van der Waals surface area contributed by atoms with Crippen molar-refractivity contribution in [3.8, 4) is 11.6 Å². The SMILES string of the molecule is COc1ccc(-n2ccc(C)n2)cn1. The summed E-state index contributed by atoms with van der Waals surface area (Å²) in [5.41, 5.74) is 1.92. The molecule has 2 aromatic rings. The Balaban J connectivity index is 2.33. The zero-order valence-electron chi connectivity index (χ0n) is 8.14. The van der Waals surface area contributed by atoms with Crippen molar-refractivity contribution in [2.24, 2.45) is 0 Å². The highest BCUT2D eigenvalue weighted by atomic mass is 16.5. The van der Waals surface area contributed by atoms with Crippen molar-refractivity contribution < 1.29 is 4.74 Å². The molecule has 0 spiro atoms. The van der Waals surface area contributed by atoms with E-state index in [9.17, 15) is 0 Å². The number of nitrogens with zero attached hydrogens (tertiary/aromatic N) is 3. The van der Waals surface area contributed by atoms with Crippen LogP contribution in [-0.4, -0.2) is 21.9 Å². The maximum atomic E-state index is 4.97. The first-order chi connectivity index (χ1) is 6.79. The molecule has 4 nitrogen and oxygen atoms in total. The number of aryl methyl sites for hydroxylation is 1. The van der Waals surface area contributed by atoms with Crippen LogP contribution in [0, 0.1) is 6.92 Å². The average molecular weight is 189 g/mol. The maximum absolute atomic E-state index is 4.97. The molecule has 72 valence electrons. The summed E-state index contributed by atoms with van der Waals surface area (Å²) in [4.78, 5) is 4.10. The normalized spacial score (nSPS) is 10.1. The maximum Gasteiger partial charge on any atom is 0.213 e. The number of hydrogen-bond acceptors (Lipinski definition) is 3. The summed E-state index contributed by atoms with van der Waals surface area (Å²) in [7, 11) is 1.60. The lowest BCUT2D eigenvalue weighted by Gasteiger charge is -2.01. The molecule has 0 bridgehead atoms. The van der Waals surface area contributed by atoms with Crippen molar-refractivity contribution in [1.29, 1.82) is 0 Å². The Bertz CT molecular complexity index is 419. The van der Waals surface area contributed by atoms with Gasteiger partial charge in [-0.3, -0.25) is 0 Å². The molecular formula is C10H11N3O. The number of hydrogen-bond donors (Lipinski definition) is 0. The lowest BCUT2D eigenvalue weighted by Crippen LogP contribution is -1.96. The summed E-state index contributed by atoms with van der Waals surface area (Å²) in [5.74, 6) is 0.609. The third-order valence-corrected chi connectivity index (χ3v) is 1.92. The Morgan fingerprint density at radius 2 is 2.14 bits per heavy atom. The van der Waals surface area contributed by atoms with E-state index >= 15 is 0 Å². The Hall–Kier alpha value is -1.84. The van der Waals surface area contributed by atoms with Gasteiger partial charge in [-0.25, -0.2) is 9.67 Å². The predicted molar refractivity (Wildman–Crippen MR) is 52.6 cm³/mol. The molecule has 0 aliphatic heterocycles. The molecular weight excluding hydrogens is 178 g/mol. The van der Waals surface area contributed by atoms with E-state index in [2.05, 4.69) is 10.1 Å². The molecule has 0 saturated carbocycles. The Morgan fingerprint density at radius 3 is 2.64 bits per heavy atom. The molecule has 0 fully saturated rings. The van der Waals surface area contributed by atoms with E-state index in [1.165, 1.54) is 0 Å². The fraction of sp³-hybridized carbons (Fsp3) is 0.200. The largest absolute Gasteiger partial charge is 0.481 e. The van der Waals surface area contributed by atoms with Crippen LogP contribution in [-0.2, 0) is 0 Å². The van der Waals surface area contributed by atoms with Crippen LogP contribution in [0.4, 0.5) is 0 Å². The van der Waals surface area contributed by atoms with Crippen LogP contribution in [0.15, 0.2) is 30.6 Å². The highest BCUT2D eigenvalue weighted by molar-refractivity contribution is 5.30. The van der Waals surface area contributed by atoms with Crippen LogP contribution in [0.3, 0.4) is 0 Å². The van der Waals surface area contributed by atoms with Gasteiger partial charge in [0.15, 0.2) is 0 Å². The highest BCUT2D eigenvalue weighted by Crippen LogP contribution is 2.10. The molecule has 2 aromatic heterocycles. The minimum Gasteiger partial charge on any atom is -0.481 e. The second kappa shape index (κ2) is 3.49. The molecule has 2 heterocycles. The van der Waals surface area contributed by atoms with Gasteiger partial charge in [0.1, 0.15) is 0 Å². The van der Waals surface area contributed by atoms with Gasteiger partial charge < -0.3 is 4.74 Å². The summed E-state index contributed by atoms with van der Waals surface area (Å²) >= 11 is 0. The van der Waals surface area contributed by atoms with Gasteiger partial charge in [-0.1, -0.05) is 0 Å². The molecule has 0 unspecified atom stereocenters. The van der Waals surface area contributed by atoms with E-state index in [1.54, 1.807) is 18.0 Å². The topological polar surface area (TPSA) is 39.9 Å². The van der Waals surface area contributed by atoms with Gasteiger partial charge in [-0.2, -0.15) is 5.10 Å². The van der Waals surface area contributed by atoms with Crippen molar-refractivity contribution >= 4 is 0 Å². The third kappa shape index (κ3) is 1.59. The molecule has 14 heavy (non-hydrogen) atoms. The number of pyridine rings is 1. The molecule has 0 aliphatic rings. The minimum absolute atomic E-state index is 0.609. The monoisotopic (exact) mass is 189 g/mol. The van der Waals surface area contributed by atoms with Gasteiger partial charge in [0.2, 0.25) is 5.88 Å². The second-order valence-electron chi connectivity index (χ2n) is 2.96. The predicted octanol–water partition coefficient (Wildman–Crippen LogP) is 1.58. The summed E-state index contributed by atoms with van der Waals surface area (Å²) in [6, 6.07) is 5.68. The summed E-state index contributed by atoms with van der Waals surface area (Å²) in [5, 5.41) is 4.27. The number of aromatic nitrogens is 3. The van der Waals surface area contributed by atoms with Gasteiger partial charge in [0, 0.05) is 12.3 Å². The van der Waals surface area contributed by atoms with E-state index in [1.807, 2.05) is 31.3 Å². The average Bonchev–Trinajstić information content (AvgIpc) is 2.65. The van der Waals surface area contributed by atoms with Crippen LogP contribution in [0.25, 0.3) is 5.69 Å². The number of rotatable bonds is 2. The smallest absolute Gasteiger partial charge is 0.213 e. The lowest BCUT2D eigenvalue weighted by molar-refractivity contribution is 0.397. The fourth-order valence-electron chi connectivity index (χ4n) is 1.19. The van der Waals surface area contributed by atoms with Gasteiger partial charge in [-0.15, -0.1) is 0 Å². The molecule has 4 heteroatoms. The minimum atomic E-state index is 0.609. The zero-order chi connectivity index (χ0) is 9.97. The molecule has 0 N–H and O–H groups in total. The van der Waals surface area contributed by atoms with Crippen molar-refractivity contribution in [2.75, 3.05) is 7.11 Å². The number of ether oxygens (including phenoxy) is 1. The first-order valence-electron chi connectivity index (χ1n) is 4.32. The summed E-state index contributed by atoms with van der Waals surface area (Å²) in [6.07, 6.45) is 3.63. The first kappa shape index (κ1) is 8.74. The van der Waals surface area contributed by atoms with Crippen molar-refractivity contribution in [2.45, 2.75) is 6.92 Å². The van der Waals surface area contributed by atoms with E-state index < -0.39 is 0 Å². The Morgan fingerprint density at radius 1 is 1.29 bits per heavy atom. The quantitative estimate of drug-likeness (QED) is 0.720. The third-order valence-electron chi connectivity index (χ3n) is 1.92. The molecule has 0 amide bonds. The van der Waals surface area contributed by atoms with E-state index in [4.69, 9.17) is 4.74 Å². The van der Waals surface area contributed by atoms with Gasteiger partial charge in [0.05, 0.1) is 24.7 Å². The zero-order valence-corrected chi connectivity index (χ0v) is 8.14. The second-order valence-corrected chi connectivity index (χ2v) is 2.96. The van der Waals surface area contributed by atoms with Crippen LogP contribution in [0.1, 0.15) is 5.69 Å². The molecule has 0 aliphatic carbocycles. The van der Waals surface area contributed by atoms with Crippen LogP contribution >= 0.6 is 0 Å². The molecule has 0 saturated heterocycles. The fourth-order valence-corrected chi connectivity index (χ4v) is 1.19. The van der Waals surface area contributed by atoms with E-state index in [0.29, 0.717) is 5.88 Å². The Kier molecular flexibility index (Phi) is 2.18. The summed E-state index contributed by atoms with van der Waals surface area (Å²) < 4.78 is 6.75. The van der Waals surface area contributed by atoms with Gasteiger partial charge >= 0.3 is 0 Å². The van der Waals surface area contributed by atoms with E-state index in [-0.39, 0.29) is 0 Å². The number of methoxy groups -OCH3 is 1.